The van der Waals surface area contributed by atoms with Gasteiger partial charge in [-0.05, 0) is 12.0 Å². The van der Waals surface area contributed by atoms with Crippen LogP contribution in [0, 0.1) is 12.3 Å². The Bertz CT molecular complexity index is 364. The maximum absolute atomic E-state index is 11.4. The van der Waals surface area contributed by atoms with Crippen molar-refractivity contribution in [3.05, 3.63) is 35.9 Å². The van der Waals surface area contributed by atoms with Crippen molar-refractivity contribution in [2.45, 2.75) is 32.2 Å². The van der Waals surface area contributed by atoms with Gasteiger partial charge in [0, 0.05) is 32.4 Å². The Hall–Kier alpha value is -1.59. The maximum atomic E-state index is 11.4. The highest BCUT2D eigenvalue weighted by Gasteiger charge is 2.00. The van der Waals surface area contributed by atoms with Crippen LogP contribution in [0.25, 0.3) is 0 Å². The van der Waals surface area contributed by atoms with E-state index in [9.17, 15) is 4.79 Å². The molecule has 90 valence electrons. The van der Waals surface area contributed by atoms with Crippen LogP contribution in [-0.2, 0) is 11.3 Å². The maximum Gasteiger partial charge on any atom is 0.134 e. The quantitative estimate of drug-likeness (QED) is 0.548. The third-order valence-electron chi connectivity index (χ3n) is 2.53. The second-order valence-electron chi connectivity index (χ2n) is 4.01. The number of unbranched alkanes of at least 4 members (excludes halogenated alkanes) is 1. The Morgan fingerprint density at radius 1 is 1.24 bits per heavy atom. The molecule has 0 unspecified atom stereocenters. The molecule has 0 heterocycles. The normalized spacial score (nSPS) is 9.82. The van der Waals surface area contributed by atoms with Crippen molar-refractivity contribution >= 4 is 5.78 Å². The van der Waals surface area contributed by atoms with Gasteiger partial charge in [-0.25, -0.2) is 0 Å². The summed E-state index contributed by atoms with van der Waals surface area (Å²) in [7, 11) is 0. The summed E-state index contributed by atoms with van der Waals surface area (Å²) in [6, 6.07) is 10.2. The standard InChI is InChI=1S/C15H19NO/c1-2-3-5-10-15(17)11-12-16-13-14-8-6-4-7-9-14/h1,4,6-9,16H,3,5,10-13H2. The lowest BCUT2D eigenvalue weighted by molar-refractivity contribution is -0.119. The fraction of sp³-hybridized carbons (Fsp3) is 0.400. The molecule has 0 fully saturated rings. The number of hydrogen-bond donors (Lipinski definition) is 1. The molecule has 0 aliphatic rings. The second-order valence-corrected chi connectivity index (χ2v) is 4.01. The molecule has 0 amide bonds. The molecule has 1 rings (SSSR count). The lowest BCUT2D eigenvalue weighted by Crippen LogP contribution is -2.17. The average molecular weight is 229 g/mol. The van der Waals surface area contributed by atoms with E-state index in [2.05, 4.69) is 23.4 Å². The lowest BCUT2D eigenvalue weighted by Gasteiger charge is -2.04. The third-order valence-corrected chi connectivity index (χ3v) is 2.53. The predicted octanol–water partition coefficient (Wildman–Crippen LogP) is 2.54. The number of Topliss-reactive ketones (excluding diaryl/α,β-unsaturated/α-hetero) is 1. The predicted molar refractivity (Wildman–Crippen MR) is 70.5 cm³/mol. The monoisotopic (exact) mass is 229 g/mol. The third kappa shape index (κ3) is 6.55. The van der Waals surface area contributed by atoms with E-state index in [0.717, 1.165) is 19.5 Å². The molecule has 2 nitrogen and oxygen atoms in total. The fourth-order valence-corrected chi connectivity index (χ4v) is 1.57. The molecule has 0 saturated heterocycles. The highest BCUT2D eigenvalue weighted by atomic mass is 16.1. The van der Waals surface area contributed by atoms with Crippen LogP contribution in [0.2, 0.25) is 0 Å². The van der Waals surface area contributed by atoms with E-state index in [4.69, 9.17) is 6.42 Å². The first kappa shape index (κ1) is 13.5. The zero-order valence-electron chi connectivity index (χ0n) is 10.1. The van der Waals surface area contributed by atoms with Gasteiger partial charge in [0.25, 0.3) is 0 Å². The Balaban J connectivity index is 2.04. The summed E-state index contributed by atoms with van der Waals surface area (Å²) in [6.45, 7) is 1.56. The molecule has 17 heavy (non-hydrogen) atoms. The van der Waals surface area contributed by atoms with Crippen LogP contribution in [0.15, 0.2) is 30.3 Å². The van der Waals surface area contributed by atoms with Crippen LogP contribution in [0.5, 0.6) is 0 Å². The number of rotatable bonds is 8. The highest BCUT2D eigenvalue weighted by Crippen LogP contribution is 1.99. The van der Waals surface area contributed by atoms with Crippen molar-refractivity contribution in [3.63, 3.8) is 0 Å². The summed E-state index contributed by atoms with van der Waals surface area (Å²) in [5.74, 6) is 2.84. The van der Waals surface area contributed by atoms with E-state index in [1.807, 2.05) is 18.2 Å². The van der Waals surface area contributed by atoms with Crippen LogP contribution in [0.1, 0.15) is 31.2 Å². The molecule has 0 radical (unpaired) electrons. The Morgan fingerprint density at radius 2 is 2.00 bits per heavy atom. The number of terminal acetylenes is 1. The molecule has 1 aromatic rings. The van der Waals surface area contributed by atoms with E-state index in [-0.39, 0.29) is 0 Å². The lowest BCUT2D eigenvalue weighted by atomic mass is 10.1. The number of carbonyl (C=O) groups excluding carboxylic acids is 1. The minimum Gasteiger partial charge on any atom is -0.312 e. The molecule has 1 aromatic carbocycles. The number of benzene rings is 1. The van der Waals surface area contributed by atoms with E-state index in [1.165, 1.54) is 5.56 Å². The Morgan fingerprint density at radius 3 is 2.71 bits per heavy atom. The van der Waals surface area contributed by atoms with Gasteiger partial charge in [-0.3, -0.25) is 4.79 Å². The number of carbonyl (C=O) groups is 1. The summed E-state index contributed by atoms with van der Waals surface area (Å²) < 4.78 is 0. The SMILES string of the molecule is C#CCCCC(=O)CCNCc1ccccc1. The van der Waals surface area contributed by atoms with Crippen molar-refractivity contribution in [2.75, 3.05) is 6.54 Å². The highest BCUT2D eigenvalue weighted by molar-refractivity contribution is 5.78. The summed E-state index contributed by atoms with van der Waals surface area (Å²) in [6.07, 6.45) is 7.84. The van der Waals surface area contributed by atoms with Gasteiger partial charge >= 0.3 is 0 Å². The van der Waals surface area contributed by atoms with E-state index < -0.39 is 0 Å². The minimum atomic E-state index is 0.292. The van der Waals surface area contributed by atoms with Gasteiger partial charge in [0.1, 0.15) is 5.78 Å². The Kier molecular flexibility index (Phi) is 6.78. The van der Waals surface area contributed by atoms with E-state index in [0.29, 0.717) is 25.0 Å². The molecule has 2 heteroatoms. The number of ketones is 1. The largest absolute Gasteiger partial charge is 0.312 e. The van der Waals surface area contributed by atoms with Crippen molar-refractivity contribution in [1.29, 1.82) is 0 Å². The number of hydrogen-bond acceptors (Lipinski definition) is 2. The fourth-order valence-electron chi connectivity index (χ4n) is 1.57. The minimum absolute atomic E-state index is 0.292. The molecule has 1 N–H and O–H groups in total. The van der Waals surface area contributed by atoms with E-state index >= 15 is 0 Å². The van der Waals surface area contributed by atoms with Crippen molar-refractivity contribution in [2.24, 2.45) is 0 Å². The van der Waals surface area contributed by atoms with Crippen molar-refractivity contribution in [3.8, 4) is 12.3 Å². The zero-order valence-corrected chi connectivity index (χ0v) is 10.1. The molecule has 0 bridgehead atoms. The molecule has 0 aliphatic heterocycles. The van der Waals surface area contributed by atoms with Crippen molar-refractivity contribution in [1.82, 2.24) is 5.32 Å². The van der Waals surface area contributed by atoms with E-state index in [1.54, 1.807) is 0 Å². The zero-order chi connectivity index (χ0) is 12.3. The smallest absolute Gasteiger partial charge is 0.134 e. The summed E-state index contributed by atoms with van der Waals surface area (Å²) in [5.41, 5.74) is 1.24. The summed E-state index contributed by atoms with van der Waals surface area (Å²) in [4.78, 5) is 11.4. The van der Waals surface area contributed by atoms with Crippen LogP contribution in [0.4, 0.5) is 0 Å². The molecule has 0 atom stereocenters. The van der Waals surface area contributed by atoms with Gasteiger partial charge in [0.15, 0.2) is 0 Å². The van der Waals surface area contributed by atoms with Gasteiger partial charge in [0.2, 0.25) is 0 Å². The van der Waals surface area contributed by atoms with Crippen LogP contribution >= 0.6 is 0 Å². The second kappa shape index (κ2) is 8.55. The molecule has 0 aliphatic carbocycles. The van der Waals surface area contributed by atoms with Crippen LogP contribution in [0.3, 0.4) is 0 Å². The first-order chi connectivity index (χ1) is 8.33. The van der Waals surface area contributed by atoms with Gasteiger partial charge in [-0.1, -0.05) is 30.3 Å². The first-order valence-electron chi connectivity index (χ1n) is 6.02. The molecule has 0 saturated carbocycles. The van der Waals surface area contributed by atoms with Gasteiger partial charge in [-0.2, -0.15) is 0 Å². The average Bonchev–Trinajstić information content (AvgIpc) is 2.36. The molecular weight excluding hydrogens is 210 g/mol. The first-order valence-corrected chi connectivity index (χ1v) is 6.02. The topological polar surface area (TPSA) is 29.1 Å². The van der Waals surface area contributed by atoms with Gasteiger partial charge in [0.05, 0.1) is 0 Å². The molecular formula is C15H19NO. The number of nitrogens with one attached hydrogen (secondary N) is 1. The molecule has 0 aromatic heterocycles. The molecule has 0 spiro atoms. The van der Waals surface area contributed by atoms with Crippen LogP contribution in [-0.4, -0.2) is 12.3 Å². The summed E-state index contributed by atoms with van der Waals surface area (Å²) in [5, 5.41) is 3.26. The van der Waals surface area contributed by atoms with Crippen molar-refractivity contribution < 1.29 is 4.79 Å². The van der Waals surface area contributed by atoms with Gasteiger partial charge in [-0.15, -0.1) is 12.3 Å². The summed E-state index contributed by atoms with van der Waals surface area (Å²) >= 11 is 0. The van der Waals surface area contributed by atoms with Gasteiger partial charge < -0.3 is 5.32 Å². The van der Waals surface area contributed by atoms with Crippen LogP contribution < -0.4 is 5.32 Å². The Labute approximate surface area is 103 Å².